The van der Waals surface area contributed by atoms with Gasteiger partial charge in [0.05, 0.1) is 18.2 Å². The van der Waals surface area contributed by atoms with Crippen molar-refractivity contribution < 1.29 is 0 Å². The predicted molar refractivity (Wildman–Crippen MR) is 68.3 cm³/mol. The van der Waals surface area contributed by atoms with Gasteiger partial charge in [-0.05, 0) is 45.5 Å². The topological polar surface area (TPSA) is 49.8 Å². The number of halogens is 1. The Kier molecular flexibility index (Phi) is 2.61. The third kappa shape index (κ3) is 1.47. The standard InChI is InChI=1S/C10H7IN2S/c11-8-5-6-2-4-14-10(6)7(1-3-12)9(8)13/h2,4-5H,1,13H2. The van der Waals surface area contributed by atoms with E-state index in [0.29, 0.717) is 6.42 Å². The largest absolute Gasteiger partial charge is 0.398 e. The van der Waals surface area contributed by atoms with Crippen molar-refractivity contribution in [3.63, 3.8) is 0 Å². The number of anilines is 1. The van der Waals surface area contributed by atoms with Crippen molar-refractivity contribution in [3.8, 4) is 6.07 Å². The monoisotopic (exact) mass is 314 g/mol. The van der Waals surface area contributed by atoms with E-state index in [1.807, 2.05) is 5.38 Å². The second-order valence-electron chi connectivity index (χ2n) is 2.92. The summed E-state index contributed by atoms with van der Waals surface area (Å²) in [5, 5.41) is 11.9. The number of nitriles is 1. The van der Waals surface area contributed by atoms with Crippen molar-refractivity contribution in [1.82, 2.24) is 0 Å². The summed E-state index contributed by atoms with van der Waals surface area (Å²) in [6.07, 6.45) is 0.389. The first-order valence-corrected chi connectivity index (χ1v) is 6.01. The molecule has 0 saturated heterocycles. The molecule has 0 spiro atoms. The molecule has 70 valence electrons. The molecular weight excluding hydrogens is 307 g/mol. The average Bonchev–Trinajstić information content (AvgIpc) is 2.60. The van der Waals surface area contributed by atoms with Gasteiger partial charge in [-0.15, -0.1) is 11.3 Å². The first kappa shape index (κ1) is 9.74. The van der Waals surface area contributed by atoms with E-state index in [1.54, 1.807) is 11.3 Å². The van der Waals surface area contributed by atoms with Crippen LogP contribution in [0.3, 0.4) is 0 Å². The van der Waals surface area contributed by atoms with Crippen molar-refractivity contribution in [2.45, 2.75) is 6.42 Å². The number of rotatable bonds is 1. The summed E-state index contributed by atoms with van der Waals surface area (Å²) in [6.45, 7) is 0. The van der Waals surface area contributed by atoms with Gasteiger partial charge in [-0.25, -0.2) is 0 Å². The Morgan fingerprint density at radius 3 is 3.07 bits per heavy atom. The maximum atomic E-state index is 8.73. The third-order valence-corrected chi connectivity index (χ3v) is 3.97. The molecule has 2 N–H and O–H groups in total. The van der Waals surface area contributed by atoms with Gasteiger partial charge in [-0.2, -0.15) is 5.26 Å². The van der Waals surface area contributed by atoms with Crippen molar-refractivity contribution in [2.24, 2.45) is 0 Å². The molecule has 0 aliphatic heterocycles. The van der Waals surface area contributed by atoms with Gasteiger partial charge in [0.25, 0.3) is 0 Å². The molecule has 0 fully saturated rings. The fraction of sp³-hybridized carbons (Fsp3) is 0.100. The lowest BCUT2D eigenvalue weighted by Crippen LogP contribution is -1.96. The fourth-order valence-electron chi connectivity index (χ4n) is 1.41. The molecule has 2 aromatic rings. The lowest BCUT2D eigenvalue weighted by atomic mass is 10.1. The number of nitrogens with two attached hydrogens (primary N) is 1. The highest BCUT2D eigenvalue weighted by atomic mass is 127. The fourth-order valence-corrected chi connectivity index (χ4v) is 3.01. The normalized spacial score (nSPS) is 10.3. The molecule has 0 aliphatic rings. The van der Waals surface area contributed by atoms with Gasteiger partial charge in [-0.1, -0.05) is 0 Å². The Hall–Kier alpha value is -0.800. The van der Waals surface area contributed by atoms with Crippen LogP contribution < -0.4 is 5.73 Å². The minimum atomic E-state index is 0.389. The summed E-state index contributed by atoms with van der Waals surface area (Å²) in [6, 6.07) is 6.27. The average molecular weight is 314 g/mol. The lowest BCUT2D eigenvalue weighted by Gasteiger charge is -2.05. The number of benzene rings is 1. The zero-order valence-electron chi connectivity index (χ0n) is 7.25. The zero-order chi connectivity index (χ0) is 10.1. The number of hydrogen-bond acceptors (Lipinski definition) is 3. The van der Waals surface area contributed by atoms with Gasteiger partial charge in [0.15, 0.2) is 0 Å². The highest BCUT2D eigenvalue weighted by Crippen LogP contribution is 2.32. The van der Waals surface area contributed by atoms with Crippen LogP contribution in [0, 0.1) is 14.9 Å². The maximum absolute atomic E-state index is 8.73. The van der Waals surface area contributed by atoms with Gasteiger partial charge in [0, 0.05) is 13.8 Å². The lowest BCUT2D eigenvalue weighted by molar-refractivity contribution is 1.29. The molecule has 0 radical (unpaired) electrons. The maximum Gasteiger partial charge on any atom is 0.0671 e. The number of thiophene rings is 1. The van der Waals surface area contributed by atoms with E-state index in [0.717, 1.165) is 19.5 Å². The Morgan fingerprint density at radius 1 is 1.57 bits per heavy atom. The van der Waals surface area contributed by atoms with Crippen LogP contribution in [-0.4, -0.2) is 0 Å². The van der Waals surface area contributed by atoms with Crippen LogP contribution in [0.25, 0.3) is 10.1 Å². The smallest absolute Gasteiger partial charge is 0.0671 e. The summed E-state index contributed by atoms with van der Waals surface area (Å²) in [5.74, 6) is 0. The van der Waals surface area contributed by atoms with Crippen molar-refractivity contribution in [3.05, 3.63) is 26.6 Å². The summed E-state index contributed by atoms with van der Waals surface area (Å²) in [4.78, 5) is 0. The highest BCUT2D eigenvalue weighted by molar-refractivity contribution is 14.1. The van der Waals surface area contributed by atoms with Crippen molar-refractivity contribution in [1.29, 1.82) is 5.26 Å². The molecule has 0 aliphatic carbocycles. The molecule has 14 heavy (non-hydrogen) atoms. The van der Waals surface area contributed by atoms with Gasteiger partial charge in [0.2, 0.25) is 0 Å². The Labute approximate surface area is 99.5 Å². The molecule has 1 aromatic carbocycles. The van der Waals surface area contributed by atoms with Crippen LogP contribution in [0.5, 0.6) is 0 Å². The second-order valence-corrected chi connectivity index (χ2v) is 5.00. The number of fused-ring (bicyclic) bond motifs is 1. The number of nitrogen functional groups attached to an aromatic ring is 1. The molecule has 2 rings (SSSR count). The van der Waals surface area contributed by atoms with E-state index in [4.69, 9.17) is 11.0 Å². The molecule has 1 heterocycles. The van der Waals surface area contributed by atoms with Crippen LogP contribution in [0.4, 0.5) is 5.69 Å². The van der Waals surface area contributed by atoms with E-state index in [9.17, 15) is 0 Å². The first-order chi connectivity index (χ1) is 6.74. The SMILES string of the molecule is N#CCc1c(N)c(I)cc2ccsc12. The van der Waals surface area contributed by atoms with Crippen molar-refractivity contribution in [2.75, 3.05) is 5.73 Å². The molecule has 0 bridgehead atoms. The molecule has 1 aromatic heterocycles. The Morgan fingerprint density at radius 2 is 2.36 bits per heavy atom. The summed E-state index contributed by atoms with van der Waals surface area (Å²) in [5.41, 5.74) is 7.67. The van der Waals surface area contributed by atoms with Crippen LogP contribution in [0.15, 0.2) is 17.5 Å². The van der Waals surface area contributed by atoms with Gasteiger partial charge < -0.3 is 5.73 Å². The van der Waals surface area contributed by atoms with E-state index in [-0.39, 0.29) is 0 Å². The van der Waals surface area contributed by atoms with Gasteiger partial charge >= 0.3 is 0 Å². The quantitative estimate of drug-likeness (QED) is 0.649. The Bertz CT molecular complexity index is 525. The zero-order valence-corrected chi connectivity index (χ0v) is 10.2. The summed E-state index contributed by atoms with van der Waals surface area (Å²) < 4.78 is 2.17. The predicted octanol–water partition coefficient (Wildman–Crippen LogP) is 3.15. The minimum Gasteiger partial charge on any atom is -0.398 e. The Balaban J connectivity index is 2.81. The number of nitrogens with zero attached hydrogens (tertiary/aromatic N) is 1. The summed E-state index contributed by atoms with van der Waals surface area (Å²) >= 11 is 3.85. The molecule has 0 amide bonds. The first-order valence-electron chi connectivity index (χ1n) is 4.05. The molecule has 0 unspecified atom stereocenters. The van der Waals surface area contributed by atoms with Gasteiger partial charge in [0.1, 0.15) is 0 Å². The van der Waals surface area contributed by atoms with E-state index < -0.39 is 0 Å². The molecule has 2 nitrogen and oxygen atoms in total. The second kappa shape index (κ2) is 3.75. The van der Waals surface area contributed by atoms with Crippen LogP contribution in [-0.2, 0) is 6.42 Å². The molecule has 4 heteroatoms. The van der Waals surface area contributed by atoms with Crippen LogP contribution in [0.1, 0.15) is 5.56 Å². The van der Waals surface area contributed by atoms with Crippen LogP contribution >= 0.6 is 33.9 Å². The minimum absolute atomic E-state index is 0.389. The van der Waals surface area contributed by atoms with Crippen LogP contribution in [0.2, 0.25) is 0 Å². The van der Waals surface area contributed by atoms with E-state index in [2.05, 4.69) is 40.8 Å². The van der Waals surface area contributed by atoms with Gasteiger partial charge in [-0.3, -0.25) is 0 Å². The molecular formula is C10H7IN2S. The molecule has 0 saturated carbocycles. The van der Waals surface area contributed by atoms with E-state index in [1.165, 1.54) is 5.39 Å². The van der Waals surface area contributed by atoms with Crippen molar-refractivity contribution >= 4 is 49.7 Å². The molecule has 0 atom stereocenters. The highest BCUT2D eigenvalue weighted by Gasteiger charge is 2.09. The van der Waals surface area contributed by atoms with E-state index >= 15 is 0 Å². The number of hydrogen-bond donors (Lipinski definition) is 1. The third-order valence-electron chi connectivity index (χ3n) is 2.09. The summed E-state index contributed by atoms with van der Waals surface area (Å²) in [7, 11) is 0.